The van der Waals surface area contributed by atoms with Gasteiger partial charge in [-0.05, 0) is 115 Å². The molecule has 4 nitrogen and oxygen atoms in total. The van der Waals surface area contributed by atoms with E-state index in [9.17, 15) is 10.2 Å². The molecule has 4 fully saturated rings. The van der Waals surface area contributed by atoms with Crippen molar-refractivity contribution < 1.29 is 19.7 Å². The number of aliphatic hydroxyl groups is 2. The van der Waals surface area contributed by atoms with E-state index in [-0.39, 0.29) is 28.8 Å². The Morgan fingerprint density at radius 3 is 2.28 bits per heavy atom. The Bertz CT molecular complexity index is 960. The van der Waals surface area contributed by atoms with Gasteiger partial charge in [0.2, 0.25) is 0 Å². The predicted molar refractivity (Wildman–Crippen MR) is 157 cm³/mol. The van der Waals surface area contributed by atoms with E-state index in [0.717, 1.165) is 43.8 Å². The van der Waals surface area contributed by atoms with E-state index in [1.165, 1.54) is 37.7 Å². The molecule has 1 aromatic carbocycles. The van der Waals surface area contributed by atoms with E-state index in [1.807, 2.05) is 12.1 Å². The lowest BCUT2D eigenvalue weighted by atomic mass is 9.42. The van der Waals surface area contributed by atoms with Crippen LogP contribution in [0.5, 0.6) is 5.75 Å². The van der Waals surface area contributed by atoms with Crippen molar-refractivity contribution in [3.05, 3.63) is 29.8 Å². The van der Waals surface area contributed by atoms with Crippen molar-refractivity contribution in [1.82, 2.24) is 0 Å². The van der Waals surface area contributed by atoms with Crippen LogP contribution in [0.4, 0.5) is 0 Å². The Kier molecular flexibility index (Phi) is 8.51. The van der Waals surface area contributed by atoms with Crippen molar-refractivity contribution in [2.45, 2.75) is 130 Å². The zero-order valence-electron chi connectivity index (χ0n) is 25.6. The average Bonchev–Trinajstić information content (AvgIpc) is 3.27. The Hall–Kier alpha value is -1.10. The molecule has 0 bridgehead atoms. The molecule has 2 N–H and O–H groups in total. The fraction of sp³-hybridized carbons (Fsp3) is 0.829. The zero-order chi connectivity index (χ0) is 28.0. The number of rotatable bonds is 9. The van der Waals surface area contributed by atoms with E-state index in [2.05, 4.69) is 46.8 Å². The lowest BCUT2D eigenvalue weighted by Crippen LogP contribution is -2.69. The Morgan fingerprint density at radius 2 is 1.59 bits per heavy atom. The average molecular weight is 541 g/mol. The number of hydrogen-bond acceptors (Lipinski definition) is 4. The van der Waals surface area contributed by atoms with Gasteiger partial charge in [0.25, 0.3) is 0 Å². The summed E-state index contributed by atoms with van der Waals surface area (Å²) < 4.78 is 11.7. The third-order valence-electron chi connectivity index (χ3n) is 12.6. The molecule has 4 saturated carbocycles. The van der Waals surface area contributed by atoms with Crippen LogP contribution in [0.1, 0.15) is 111 Å². The highest BCUT2D eigenvalue weighted by Gasteiger charge is 2.69. The Morgan fingerprint density at radius 1 is 0.897 bits per heavy atom. The fourth-order valence-corrected chi connectivity index (χ4v) is 10.4. The maximum Gasteiger partial charge on any atom is 0.118 e. The molecule has 0 radical (unpaired) electrons. The second kappa shape index (κ2) is 11.3. The molecule has 39 heavy (non-hydrogen) atoms. The molecular weight excluding hydrogens is 484 g/mol. The predicted octanol–water partition coefficient (Wildman–Crippen LogP) is 7.79. The molecule has 0 amide bonds. The molecule has 0 aliphatic heterocycles. The minimum absolute atomic E-state index is 0.0796. The lowest BCUT2D eigenvalue weighted by Gasteiger charge is -2.66. The third-order valence-corrected chi connectivity index (χ3v) is 12.6. The molecule has 0 heterocycles. The molecule has 10 atom stereocenters. The van der Waals surface area contributed by atoms with Gasteiger partial charge in [-0.15, -0.1) is 0 Å². The van der Waals surface area contributed by atoms with Crippen molar-refractivity contribution in [3.8, 4) is 5.75 Å². The normalized spacial score (nSPS) is 42.5. The summed E-state index contributed by atoms with van der Waals surface area (Å²) in [4.78, 5) is 0. The van der Waals surface area contributed by atoms with Gasteiger partial charge in [-0.2, -0.15) is 0 Å². The molecule has 0 saturated heterocycles. The molecule has 4 aliphatic rings. The summed E-state index contributed by atoms with van der Waals surface area (Å²) in [7, 11) is 1.69. The molecule has 1 aromatic rings. The summed E-state index contributed by atoms with van der Waals surface area (Å²) in [5, 5.41) is 24.4. The first-order valence-electron chi connectivity index (χ1n) is 16.2. The van der Waals surface area contributed by atoms with E-state index >= 15 is 0 Å². The number of methoxy groups -OCH3 is 1. The molecule has 4 heteroatoms. The topological polar surface area (TPSA) is 58.9 Å². The van der Waals surface area contributed by atoms with Crippen LogP contribution in [0.2, 0.25) is 0 Å². The SMILES string of the molecule is COc1ccc(CO[C@@H]2CC[C@@]3(C)[C@H](C2)C[C@H](O)[C@]2(O)[C@@H]3CC[C@]3(C)[C@@H]([C@H](C)CCCC(C)C)CC[C@H]32)cc1. The van der Waals surface area contributed by atoms with Gasteiger partial charge in [0, 0.05) is 0 Å². The van der Waals surface area contributed by atoms with Gasteiger partial charge in [0.15, 0.2) is 0 Å². The molecule has 5 rings (SSSR count). The maximum atomic E-state index is 12.6. The standard InChI is InChI=1S/C35H56O4/c1-23(2)8-7-9-24(3)29-14-15-30-34(29,5)19-17-31-33(4)18-16-28(20-26(33)21-32(36)35(30,31)37)39-22-25-10-12-27(38-6)13-11-25/h10-13,23-24,26,28-32,36-37H,7-9,14-22H2,1-6H3/t24-,26-,28-,29-,30-,31-,32+,33+,34-,35-/m1/s1. The van der Waals surface area contributed by atoms with Gasteiger partial charge >= 0.3 is 0 Å². The quantitative estimate of drug-likeness (QED) is 0.336. The Balaban J connectivity index is 1.26. The minimum atomic E-state index is -0.943. The first kappa shape index (κ1) is 29.4. The van der Waals surface area contributed by atoms with Gasteiger partial charge in [-0.25, -0.2) is 0 Å². The second-order valence-corrected chi connectivity index (χ2v) is 15.0. The van der Waals surface area contributed by atoms with Crippen molar-refractivity contribution in [3.63, 3.8) is 0 Å². The van der Waals surface area contributed by atoms with E-state index in [4.69, 9.17) is 9.47 Å². The van der Waals surface area contributed by atoms with Gasteiger partial charge in [-0.3, -0.25) is 0 Å². The zero-order valence-corrected chi connectivity index (χ0v) is 25.6. The smallest absolute Gasteiger partial charge is 0.118 e. The largest absolute Gasteiger partial charge is 0.497 e. The van der Waals surface area contributed by atoms with Crippen LogP contribution >= 0.6 is 0 Å². The highest BCUT2D eigenvalue weighted by molar-refractivity contribution is 5.26. The van der Waals surface area contributed by atoms with E-state index < -0.39 is 11.7 Å². The van der Waals surface area contributed by atoms with Crippen molar-refractivity contribution >= 4 is 0 Å². The monoisotopic (exact) mass is 540 g/mol. The van der Waals surface area contributed by atoms with Crippen LogP contribution in [0.15, 0.2) is 24.3 Å². The molecule has 4 aliphatic carbocycles. The first-order valence-corrected chi connectivity index (χ1v) is 16.2. The van der Waals surface area contributed by atoms with Crippen LogP contribution < -0.4 is 4.74 Å². The summed E-state index contributed by atoms with van der Waals surface area (Å²) in [6.45, 7) is 12.7. The number of ether oxygens (including phenoxy) is 2. The summed E-state index contributed by atoms with van der Waals surface area (Å²) in [6, 6.07) is 8.14. The number of benzene rings is 1. The first-order chi connectivity index (χ1) is 18.5. The summed E-state index contributed by atoms with van der Waals surface area (Å²) in [6.07, 6.45) is 11.9. The number of hydrogen-bond donors (Lipinski definition) is 2. The van der Waals surface area contributed by atoms with Crippen LogP contribution in [0.3, 0.4) is 0 Å². The van der Waals surface area contributed by atoms with Gasteiger partial charge in [-0.1, -0.05) is 66.0 Å². The lowest BCUT2D eigenvalue weighted by molar-refractivity contribution is -0.272. The summed E-state index contributed by atoms with van der Waals surface area (Å²) >= 11 is 0. The Labute approximate surface area is 238 Å². The molecule has 0 spiro atoms. The third kappa shape index (κ3) is 5.21. The van der Waals surface area contributed by atoms with Crippen molar-refractivity contribution in [2.75, 3.05) is 7.11 Å². The molecule has 0 unspecified atom stereocenters. The maximum absolute atomic E-state index is 12.6. The molecular formula is C35H56O4. The summed E-state index contributed by atoms with van der Waals surface area (Å²) in [5.74, 6) is 3.82. The van der Waals surface area contributed by atoms with E-state index in [1.54, 1.807) is 7.11 Å². The van der Waals surface area contributed by atoms with E-state index in [0.29, 0.717) is 30.8 Å². The molecule has 0 aromatic heterocycles. The number of fused-ring (bicyclic) bond motifs is 5. The highest BCUT2D eigenvalue weighted by atomic mass is 16.5. The van der Waals surface area contributed by atoms with Crippen LogP contribution in [0.25, 0.3) is 0 Å². The minimum Gasteiger partial charge on any atom is -0.497 e. The van der Waals surface area contributed by atoms with Gasteiger partial charge in [0.05, 0.1) is 31.5 Å². The highest BCUT2D eigenvalue weighted by Crippen LogP contribution is 2.70. The van der Waals surface area contributed by atoms with Gasteiger partial charge in [0.1, 0.15) is 5.75 Å². The van der Waals surface area contributed by atoms with Crippen molar-refractivity contribution in [1.29, 1.82) is 0 Å². The van der Waals surface area contributed by atoms with Crippen LogP contribution in [-0.4, -0.2) is 35.1 Å². The van der Waals surface area contributed by atoms with Crippen LogP contribution in [0, 0.1) is 46.3 Å². The summed E-state index contributed by atoms with van der Waals surface area (Å²) in [5.41, 5.74) is 0.450. The molecule has 220 valence electrons. The van der Waals surface area contributed by atoms with Crippen LogP contribution in [-0.2, 0) is 11.3 Å². The van der Waals surface area contributed by atoms with Gasteiger partial charge < -0.3 is 19.7 Å². The van der Waals surface area contributed by atoms with Crippen molar-refractivity contribution in [2.24, 2.45) is 46.3 Å². The second-order valence-electron chi connectivity index (χ2n) is 15.0. The number of aliphatic hydroxyl groups excluding tert-OH is 1. The fourth-order valence-electron chi connectivity index (χ4n) is 10.4.